The SMILES string of the molecule is C#Cc1c2ccccc2cc2ccccc12. The van der Waals surface area contributed by atoms with Crippen LogP contribution in [0, 0.1) is 12.3 Å². The number of hydrogen-bond donors (Lipinski definition) is 0. The molecule has 0 nitrogen and oxygen atoms in total. The molecule has 0 aromatic heterocycles. The van der Waals surface area contributed by atoms with Gasteiger partial charge in [-0.05, 0) is 27.6 Å². The van der Waals surface area contributed by atoms with Gasteiger partial charge in [-0.15, -0.1) is 6.42 Å². The van der Waals surface area contributed by atoms with Crippen LogP contribution < -0.4 is 0 Å². The van der Waals surface area contributed by atoms with Gasteiger partial charge in [0.25, 0.3) is 0 Å². The van der Waals surface area contributed by atoms with Crippen LogP contribution in [-0.4, -0.2) is 0 Å². The fourth-order valence-corrected chi connectivity index (χ4v) is 2.17. The highest BCUT2D eigenvalue weighted by Crippen LogP contribution is 2.27. The van der Waals surface area contributed by atoms with Crippen LogP contribution in [0.5, 0.6) is 0 Å². The summed E-state index contributed by atoms with van der Waals surface area (Å²) in [6.07, 6.45) is 5.63. The van der Waals surface area contributed by atoms with E-state index < -0.39 is 0 Å². The van der Waals surface area contributed by atoms with Gasteiger partial charge < -0.3 is 0 Å². The topological polar surface area (TPSA) is 0 Å². The van der Waals surface area contributed by atoms with Crippen molar-refractivity contribution >= 4 is 21.5 Å². The molecule has 74 valence electrons. The van der Waals surface area contributed by atoms with Gasteiger partial charge in [-0.1, -0.05) is 54.5 Å². The molecule has 0 fully saturated rings. The Morgan fingerprint density at radius 2 is 1.25 bits per heavy atom. The van der Waals surface area contributed by atoms with Crippen LogP contribution >= 0.6 is 0 Å². The number of fused-ring (bicyclic) bond motifs is 2. The third kappa shape index (κ3) is 1.19. The van der Waals surface area contributed by atoms with Crippen LogP contribution in [0.1, 0.15) is 5.56 Å². The van der Waals surface area contributed by atoms with Gasteiger partial charge in [-0.2, -0.15) is 0 Å². The molecule has 0 saturated heterocycles. The van der Waals surface area contributed by atoms with E-state index in [1.165, 1.54) is 10.8 Å². The molecule has 0 saturated carbocycles. The maximum absolute atomic E-state index is 5.63. The largest absolute Gasteiger partial charge is 0.115 e. The van der Waals surface area contributed by atoms with E-state index in [2.05, 4.69) is 36.3 Å². The van der Waals surface area contributed by atoms with Gasteiger partial charge in [0, 0.05) is 5.56 Å². The van der Waals surface area contributed by atoms with Crippen LogP contribution in [0.25, 0.3) is 21.5 Å². The van der Waals surface area contributed by atoms with Crippen molar-refractivity contribution in [3.8, 4) is 12.3 Å². The van der Waals surface area contributed by atoms with Crippen molar-refractivity contribution in [2.24, 2.45) is 0 Å². The normalized spacial score (nSPS) is 10.4. The van der Waals surface area contributed by atoms with Crippen molar-refractivity contribution < 1.29 is 0 Å². The molecule has 0 aliphatic rings. The minimum Gasteiger partial charge on any atom is -0.115 e. The van der Waals surface area contributed by atoms with E-state index in [1.807, 2.05) is 24.3 Å². The molecule has 0 atom stereocenters. The summed E-state index contributed by atoms with van der Waals surface area (Å²) in [6, 6.07) is 18.7. The quantitative estimate of drug-likeness (QED) is 0.382. The second kappa shape index (κ2) is 3.40. The number of benzene rings is 3. The van der Waals surface area contributed by atoms with Crippen LogP contribution in [-0.2, 0) is 0 Å². The van der Waals surface area contributed by atoms with E-state index in [0.29, 0.717) is 0 Å². The van der Waals surface area contributed by atoms with E-state index in [4.69, 9.17) is 6.42 Å². The smallest absolute Gasteiger partial charge is 0.0399 e. The first-order valence-electron chi connectivity index (χ1n) is 5.27. The molecule has 0 aliphatic heterocycles. The highest BCUT2D eigenvalue weighted by Gasteiger charge is 2.03. The predicted molar refractivity (Wildman–Crippen MR) is 69.4 cm³/mol. The third-order valence-electron chi connectivity index (χ3n) is 2.92. The van der Waals surface area contributed by atoms with Crippen molar-refractivity contribution in [3.63, 3.8) is 0 Å². The zero-order valence-corrected chi connectivity index (χ0v) is 8.77. The van der Waals surface area contributed by atoms with Crippen molar-refractivity contribution in [1.82, 2.24) is 0 Å². The molecular formula is C16H10. The summed E-state index contributed by atoms with van der Waals surface area (Å²) in [5.41, 5.74) is 0.994. The molecule has 3 aromatic carbocycles. The Labute approximate surface area is 94.5 Å². The Morgan fingerprint density at radius 3 is 1.75 bits per heavy atom. The van der Waals surface area contributed by atoms with Gasteiger partial charge in [0.15, 0.2) is 0 Å². The molecule has 0 amide bonds. The third-order valence-corrected chi connectivity index (χ3v) is 2.92. The number of hydrogen-bond acceptors (Lipinski definition) is 0. The molecule has 0 heterocycles. The van der Waals surface area contributed by atoms with Gasteiger partial charge in [0.2, 0.25) is 0 Å². The lowest BCUT2D eigenvalue weighted by molar-refractivity contribution is 1.74. The van der Waals surface area contributed by atoms with Crippen LogP contribution in [0.3, 0.4) is 0 Å². The minimum atomic E-state index is 0.994. The van der Waals surface area contributed by atoms with E-state index in [-0.39, 0.29) is 0 Å². The zero-order chi connectivity index (χ0) is 11.0. The van der Waals surface area contributed by atoms with Crippen LogP contribution in [0.2, 0.25) is 0 Å². The summed E-state index contributed by atoms with van der Waals surface area (Å²) in [5.74, 6) is 2.81. The van der Waals surface area contributed by atoms with Gasteiger partial charge in [0.1, 0.15) is 0 Å². The average molecular weight is 202 g/mol. The van der Waals surface area contributed by atoms with Crippen molar-refractivity contribution in [1.29, 1.82) is 0 Å². The summed E-state index contributed by atoms with van der Waals surface area (Å²) < 4.78 is 0. The molecule has 0 unspecified atom stereocenters. The maximum Gasteiger partial charge on any atom is 0.0399 e. The van der Waals surface area contributed by atoms with Crippen LogP contribution in [0.4, 0.5) is 0 Å². The van der Waals surface area contributed by atoms with Crippen molar-refractivity contribution in [2.75, 3.05) is 0 Å². The molecule has 16 heavy (non-hydrogen) atoms. The monoisotopic (exact) mass is 202 g/mol. The molecule has 0 bridgehead atoms. The second-order valence-electron chi connectivity index (χ2n) is 3.84. The summed E-state index contributed by atoms with van der Waals surface area (Å²) in [5, 5.41) is 4.72. The average Bonchev–Trinajstić information content (AvgIpc) is 2.36. The van der Waals surface area contributed by atoms with E-state index in [9.17, 15) is 0 Å². The van der Waals surface area contributed by atoms with Gasteiger partial charge >= 0.3 is 0 Å². The molecule has 0 spiro atoms. The lowest BCUT2D eigenvalue weighted by Crippen LogP contribution is -1.83. The Bertz CT molecular complexity index is 661. The van der Waals surface area contributed by atoms with Gasteiger partial charge in [-0.25, -0.2) is 0 Å². The molecule has 0 heteroatoms. The summed E-state index contributed by atoms with van der Waals surface area (Å²) in [7, 11) is 0. The van der Waals surface area contributed by atoms with Crippen LogP contribution in [0.15, 0.2) is 54.6 Å². The fraction of sp³-hybridized carbons (Fsp3) is 0. The van der Waals surface area contributed by atoms with Crippen molar-refractivity contribution in [2.45, 2.75) is 0 Å². The second-order valence-corrected chi connectivity index (χ2v) is 3.84. The number of rotatable bonds is 0. The van der Waals surface area contributed by atoms with E-state index >= 15 is 0 Å². The Hall–Kier alpha value is -2.26. The Balaban J connectivity index is 2.63. The van der Waals surface area contributed by atoms with Gasteiger partial charge in [-0.3, -0.25) is 0 Å². The minimum absolute atomic E-state index is 0.994. The summed E-state index contributed by atoms with van der Waals surface area (Å²) in [4.78, 5) is 0. The molecule has 0 aliphatic carbocycles. The Morgan fingerprint density at radius 1 is 0.750 bits per heavy atom. The summed E-state index contributed by atoms with van der Waals surface area (Å²) in [6.45, 7) is 0. The lowest BCUT2D eigenvalue weighted by Gasteiger charge is -2.06. The molecule has 3 rings (SSSR count). The number of terminal acetylenes is 1. The van der Waals surface area contributed by atoms with Gasteiger partial charge in [0.05, 0.1) is 0 Å². The lowest BCUT2D eigenvalue weighted by atomic mass is 9.97. The van der Waals surface area contributed by atoms with Crippen molar-refractivity contribution in [3.05, 3.63) is 60.2 Å². The first-order valence-corrected chi connectivity index (χ1v) is 5.27. The molecule has 0 N–H and O–H groups in total. The highest BCUT2D eigenvalue weighted by atomic mass is 14.1. The standard InChI is InChI=1S/C16H10/c1-2-14-15-9-5-3-7-12(15)11-13-8-4-6-10-16(13)14/h1,3-11H. The molecule has 0 radical (unpaired) electrons. The van der Waals surface area contributed by atoms with E-state index in [1.54, 1.807) is 0 Å². The highest BCUT2D eigenvalue weighted by molar-refractivity contribution is 6.04. The fourth-order valence-electron chi connectivity index (χ4n) is 2.17. The maximum atomic E-state index is 5.63. The Kier molecular flexibility index (Phi) is 1.91. The first-order chi connectivity index (χ1) is 7.90. The van der Waals surface area contributed by atoms with E-state index in [0.717, 1.165) is 16.3 Å². The first kappa shape index (κ1) is 9.00. The molecular weight excluding hydrogens is 192 g/mol. The summed E-state index contributed by atoms with van der Waals surface area (Å²) >= 11 is 0. The molecule has 3 aromatic rings. The zero-order valence-electron chi connectivity index (χ0n) is 8.77. The predicted octanol–water partition coefficient (Wildman–Crippen LogP) is 3.97.